The first-order chi connectivity index (χ1) is 10.0. The highest BCUT2D eigenvalue weighted by atomic mass is 35.5. The standard InChI is InChI=1S/C15H15ClF2N2O/c1-21-15-7-10(3-5-12(15)17)20-14(8-19)11-4-2-9(16)6-13(11)18/h2-7,14,20H,8,19H2,1H3. The monoisotopic (exact) mass is 312 g/mol. The number of methoxy groups -OCH3 is 1. The Hall–Kier alpha value is -1.85. The Labute approximate surface area is 126 Å². The van der Waals surface area contributed by atoms with Crippen molar-refractivity contribution < 1.29 is 13.5 Å². The van der Waals surface area contributed by atoms with E-state index in [0.29, 0.717) is 16.3 Å². The molecule has 0 amide bonds. The van der Waals surface area contributed by atoms with Crippen molar-refractivity contribution in [3.8, 4) is 5.75 Å². The molecule has 0 aromatic heterocycles. The zero-order valence-electron chi connectivity index (χ0n) is 11.4. The summed E-state index contributed by atoms with van der Waals surface area (Å²) in [6, 6.07) is 8.23. The van der Waals surface area contributed by atoms with Gasteiger partial charge in [-0.3, -0.25) is 0 Å². The van der Waals surface area contributed by atoms with Crippen LogP contribution in [0.1, 0.15) is 11.6 Å². The van der Waals surface area contributed by atoms with E-state index in [4.69, 9.17) is 22.1 Å². The van der Waals surface area contributed by atoms with Gasteiger partial charge in [-0.25, -0.2) is 8.78 Å². The molecular formula is C15H15ClF2N2O. The maximum Gasteiger partial charge on any atom is 0.165 e. The molecule has 0 aliphatic carbocycles. The van der Waals surface area contributed by atoms with E-state index < -0.39 is 17.7 Å². The molecule has 0 radical (unpaired) electrons. The minimum absolute atomic E-state index is 0.104. The van der Waals surface area contributed by atoms with E-state index in [-0.39, 0.29) is 12.3 Å². The van der Waals surface area contributed by atoms with Crippen LogP contribution >= 0.6 is 11.6 Å². The predicted molar refractivity (Wildman–Crippen MR) is 79.8 cm³/mol. The van der Waals surface area contributed by atoms with Gasteiger partial charge in [0.15, 0.2) is 11.6 Å². The van der Waals surface area contributed by atoms with Gasteiger partial charge in [-0.2, -0.15) is 0 Å². The van der Waals surface area contributed by atoms with Crippen LogP contribution in [0.3, 0.4) is 0 Å². The normalized spacial score (nSPS) is 12.0. The van der Waals surface area contributed by atoms with Crippen LogP contribution in [0.15, 0.2) is 36.4 Å². The average Bonchev–Trinajstić information content (AvgIpc) is 2.47. The van der Waals surface area contributed by atoms with Crippen LogP contribution in [0.4, 0.5) is 14.5 Å². The molecule has 0 aliphatic rings. The summed E-state index contributed by atoms with van der Waals surface area (Å²) >= 11 is 5.73. The molecule has 3 nitrogen and oxygen atoms in total. The largest absolute Gasteiger partial charge is 0.494 e. The molecule has 0 spiro atoms. The zero-order valence-corrected chi connectivity index (χ0v) is 12.1. The highest BCUT2D eigenvalue weighted by Gasteiger charge is 2.15. The second-order valence-electron chi connectivity index (χ2n) is 4.45. The minimum Gasteiger partial charge on any atom is -0.494 e. The van der Waals surface area contributed by atoms with Crippen LogP contribution in [0.25, 0.3) is 0 Å². The summed E-state index contributed by atoms with van der Waals surface area (Å²) < 4.78 is 32.2. The van der Waals surface area contributed by atoms with Crippen LogP contribution in [0.2, 0.25) is 5.02 Å². The van der Waals surface area contributed by atoms with Crippen LogP contribution < -0.4 is 15.8 Å². The van der Waals surface area contributed by atoms with Crippen molar-refractivity contribution in [3.63, 3.8) is 0 Å². The topological polar surface area (TPSA) is 47.3 Å². The van der Waals surface area contributed by atoms with E-state index in [1.165, 1.54) is 31.4 Å². The third-order valence-electron chi connectivity index (χ3n) is 3.07. The minimum atomic E-state index is -0.468. The van der Waals surface area contributed by atoms with E-state index in [2.05, 4.69) is 5.32 Å². The summed E-state index contributed by atoms with van der Waals surface area (Å²) in [5.41, 5.74) is 6.67. The van der Waals surface area contributed by atoms with Crippen molar-refractivity contribution in [2.75, 3.05) is 19.0 Å². The predicted octanol–water partition coefficient (Wildman–Crippen LogP) is 3.74. The first-order valence-electron chi connectivity index (χ1n) is 6.30. The summed E-state index contributed by atoms with van der Waals surface area (Å²) in [5.74, 6) is -0.808. The second-order valence-corrected chi connectivity index (χ2v) is 4.88. The number of rotatable bonds is 5. The highest BCUT2D eigenvalue weighted by Crippen LogP contribution is 2.27. The van der Waals surface area contributed by atoms with Gasteiger partial charge in [-0.05, 0) is 24.3 Å². The number of nitrogens with one attached hydrogen (secondary N) is 1. The molecule has 0 aliphatic heterocycles. The molecule has 0 saturated carbocycles. The van der Waals surface area contributed by atoms with Crippen molar-refractivity contribution in [1.82, 2.24) is 0 Å². The van der Waals surface area contributed by atoms with Gasteiger partial charge >= 0.3 is 0 Å². The molecule has 112 valence electrons. The molecule has 2 aromatic rings. The Kier molecular flexibility index (Phi) is 4.98. The molecular weight excluding hydrogens is 298 g/mol. The molecule has 3 N–H and O–H groups in total. The molecule has 2 aromatic carbocycles. The Balaban J connectivity index is 2.26. The molecule has 1 atom stereocenters. The summed E-state index contributed by atoms with van der Waals surface area (Å²) in [6.45, 7) is 0.165. The Morgan fingerprint density at radius 2 is 1.95 bits per heavy atom. The van der Waals surface area contributed by atoms with Crippen molar-refractivity contribution in [2.24, 2.45) is 5.73 Å². The fourth-order valence-corrected chi connectivity index (χ4v) is 2.16. The highest BCUT2D eigenvalue weighted by molar-refractivity contribution is 6.30. The van der Waals surface area contributed by atoms with Gasteiger partial charge < -0.3 is 15.8 Å². The average molecular weight is 313 g/mol. The quantitative estimate of drug-likeness (QED) is 0.884. The van der Waals surface area contributed by atoms with Gasteiger partial charge in [0.25, 0.3) is 0 Å². The maximum atomic E-state index is 13.9. The van der Waals surface area contributed by atoms with Crippen LogP contribution in [-0.2, 0) is 0 Å². The number of hydrogen-bond donors (Lipinski definition) is 2. The van der Waals surface area contributed by atoms with Crippen LogP contribution in [0.5, 0.6) is 5.75 Å². The summed E-state index contributed by atoms with van der Waals surface area (Å²) in [6.07, 6.45) is 0. The fraction of sp³-hybridized carbons (Fsp3) is 0.200. The van der Waals surface area contributed by atoms with E-state index in [0.717, 1.165) is 0 Å². The molecule has 0 heterocycles. The van der Waals surface area contributed by atoms with E-state index >= 15 is 0 Å². The molecule has 6 heteroatoms. The van der Waals surface area contributed by atoms with E-state index in [1.807, 2.05) is 0 Å². The van der Waals surface area contributed by atoms with Gasteiger partial charge in [0.1, 0.15) is 5.82 Å². The second kappa shape index (κ2) is 6.74. The van der Waals surface area contributed by atoms with Crippen molar-refractivity contribution in [3.05, 3.63) is 58.6 Å². The van der Waals surface area contributed by atoms with Crippen molar-refractivity contribution in [1.29, 1.82) is 0 Å². The first kappa shape index (κ1) is 15.5. The Bertz CT molecular complexity index is 637. The van der Waals surface area contributed by atoms with Gasteiger partial charge in [0.05, 0.1) is 13.2 Å². The SMILES string of the molecule is COc1cc(NC(CN)c2ccc(Cl)cc2F)ccc1F. The number of nitrogens with two attached hydrogens (primary N) is 1. The fourth-order valence-electron chi connectivity index (χ4n) is 2.00. The van der Waals surface area contributed by atoms with Gasteiger partial charge in [-0.1, -0.05) is 17.7 Å². The number of benzene rings is 2. The molecule has 21 heavy (non-hydrogen) atoms. The Morgan fingerprint density at radius 3 is 2.57 bits per heavy atom. The van der Waals surface area contributed by atoms with Gasteiger partial charge in [0, 0.05) is 28.9 Å². The van der Waals surface area contributed by atoms with Crippen molar-refractivity contribution >= 4 is 17.3 Å². The molecule has 0 saturated heterocycles. The summed E-state index contributed by atoms with van der Waals surface area (Å²) in [4.78, 5) is 0. The van der Waals surface area contributed by atoms with Crippen molar-refractivity contribution in [2.45, 2.75) is 6.04 Å². The zero-order chi connectivity index (χ0) is 15.4. The Morgan fingerprint density at radius 1 is 1.19 bits per heavy atom. The van der Waals surface area contributed by atoms with Crippen LogP contribution in [0, 0.1) is 11.6 Å². The first-order valence-corrected chi connectivity index (χ1v) is 6.68. The number of ether oxygens (including phenoxy) is 1. The lowest BCUT2D eigenvalue weighted by atomic mass is 10.1. The lowest BCUT2D eigenvalue weighted by molar-refractivity contribution is 0.386. The molecule has 0 bridgehead atoms. The maximum absolute atomic E-state index is 13.9. The number of hydrogen-bond acceptors (Lipinski definition) is 3. The lowest BCUT2D eigenvalue weighted by Crippen LogP contribution is -2.21. The van der Waals surface area contributed by atoms with Gasteiger partial charge in [0.2, 0.25) is 0 Å². The molecule has 2 rings (SSSR count). The number of anilines is 1. The third-order valence-corrected chi connectivity index (χ3v) is 3.30. The third kappa shape index (κ3) is 3.62. The molecule has 1 unspecified atom stereocenters. The van der Waals surface area contributed by atoms with Gasteiger partial charge in [-0.15, -0.1) is 0 Å². The smallest absolute Gasteiger partial charge is 0.165 e. The number of halogens is 3. The lowest BCUT2D eigenvalue weighted by Gasteiger charge is -2.20. The summed E-state index contributed by atoms with van der Waals surface area (Å²) in [5, 5.41) is 3.37. The van der Waals surface area contributed by atoms with Crippen LogP contribution in [-0.4, -0.2) is 13.7 Å². The summed E-state index contributed by atoms with van der Waals surface area (Å²) in [7, 11) is 1.38. The van der Waals surface area contributed by atoms with E-state index in [1.54, 1.807) is 12.1 Å². The molecule has 0 fully saturated rings. The van der Waals surface area contributed by atoms with E-state index in [9.17, 15) is 8.78 Å².